The van der Waals surface area contributed by atoms with Crippen molar-refractivity contribution in [3.8, 4) is 5.82 Å². The van der Waals surface area contributed by atoms with Crippen molar-refractivity contribution in [3.05, 3.63) is 39.9 Å². The molecule has 2 aromatic heterocycles. The minimum Gasteiger partial charge on any atom is -0.278 e. The topological polar surface area (TPSA) is 35.6 Å². The zero-order valence-corrected chi connectivity index (χ0v) is 12.6. The molecule has 0 aliphatic heterocycles. The summed E-state index contributed by atoms with van der Waals surface area (Å²) >= 11 is 8.26. The Kier molecular flexibility index (Phi) is 3.03. The molecule has 4 nitrogen and oxygen atoms in total. The number of nitrogens with zero attached hydrogens (tertiary/aromatic N) is 4. The van der Waals surface area contributed by atoms with Crippen molar-refractivity contribution in [2.24, 2.45) is 7.05 Å². The van der Waals surface area contributed by atoms with Crippen LogP contribution in [0.2, 0.25) is 0 Å². The highest BCUT2D eigenvalue weighted by Crippen LogP contribution is 2.23. The molecule has 0 saturated carbocycles. The zero-order valence-electron chi connectivity index (χ0n) is 9.64. The van der Waals surface area contributed by atoms with Crippen LogP contribution >= 0.6 is 34.2 Å². The van der Waals surface area contributed by atoms with E-state index in [4.69, 9.17) is 11.6 Å². The van der Waals surface area contributed by atoms with Gasteiger partial charge in [0.1, 0.15) is 5.82 Å². The molecule has 6 heteroatoms. The van der Waals surface area contributed by atoms with Crippen LogP contribution in [-0.4, -0.2) is 19.3 Å². The van der Waals surface area contributed by atoms with Gasteiger partial charge in [0.2, 0.25) is 0 Å². The minimum absolute atomic E-state index is 0.363. The Morgan fingerprint density at radius 3 is 2.83 bits per heavy atom. The first-order valence-electron chi connectivity index (χ1n) is 5.42. The van der Waals surface area contributed by atoms with Gasteiger partial charge in [-0.3, -0.25) is 9.25 Å². The van der Waals surface area contributed by atoms with Gasteiger partial charge in [-0.2, -0.15) is 5.10 Å². The lowest BCUT2D eigenvalue weighted by Crippen LogP contribution is -2.01. The smallest absolute Gasteiger partial charge is 0.160 e. The van der Waals surface area contributed by atoms with E-state index in [9.17, 15) is 0 Å². The second-order valence-corrected chi connectivity index (χ2v) is 5.49. The van der Waals surface area contributed by atoms with Gasteiger partial charge in [-0.1, -0.05) is 0 Å². The first-order chi connectivity index (χ1) is 8.69. The summed E-state index contributed by atoms with van der Waals surface area (Å²) in [6.45, 7) is 0. The molecule has 0 aliphatic rings. The van der Waals surface area contributed by atoms with Gasteiger partial charge in [0, 0.05) is 22.9 Å². The largest absolute Gasteiger partial charge is 0.278 e. The molecule has 0 atom stereocenters. The van der Waals surface area contributed by atoms with E-state index in [1.165, 1.54) is 0 Å². The molecule has 0 amide bonds. The molecule has 0 bridgehead atoms. The van der Waals surface area contributed by atoms with Gasteiger partial charge in [0.15, 0.2) is 5.82 Å². The first kappa shape index (κ1) is 12.0. The van der Waals surface area contributed by atoms with E-state index in [0.717, 1.165) is 26.2 Å². The van der Waals surface area contributed by atoms with E-state index in [0.29, 0.717) is 5.88 Å². The normalized spacial score (nSPS) is 11.3. The number of benzene rings is 1. The van der Waals surface area contributed by atoms with Crippen LogP contribution in [0.3, 0.4) is 0 Å². The molecular formula is C12H10ClIN4. The van der Waals surface area contributed by atoms with Crippen LogP contribution in [0.25, 0.3) is 16.9 Å². The molecule has 0 aliphatic carbocycles. The van der Waals surface area contributed by atoms with E-state index in [2.05, 4.69) is 44.8 Å². The number of halogens is 2. The Balaban J connectivity index is 2.32. The fourth-order valence-corrected chi connectivity index (χ4v) is 2.62. The first-order valence-corrected chi connectivity index (χ1v) is 7.03. The lowest BCUT2D eigenvalue weighted by atomic mass is 10.3. The fourth-order valence-electron chi connectivity index (χ4n) is 1.97. The highest BCUT2D eigenvalue weighted by atomic mass is 127. The van der Waals surface area contributed by atoms with Gasteiger partial charge >= 0.3 is 0 Å². The quantitative estimate of drug-likeness (QED) is 0.512. The molecule has 18 heavy (non-hydrogen) atoms. The summed E-state index contributed by atoms with van der Waals surface area (Å²) in [5.41, 5.74) is 1.98. The molecule has 3 aromatic rings. The average molecular weight is 373 g/mol. The average Bonchev–Trinajstić information content (AvgIpc) is 2.91. The number of rotatable bonds is 2. The van der Waals surface area contributed by atoms with Gasteiger partial charge in [0.05, 0.1) is 16.9 Å². The SMILES string of the molecule is Cn1ccc(-n2c(CCl)nc3cc(I)ccc32)n1. The number of aryl methyl sites for hydroxylation is 1. The molecule has 0 unspecified atom stereocenters. The van der Waals surface area contributed by atoms with Crippen LogP contribution in [0.1, 0.15) is 5.82 Å². The van der Waals surface area contributed by atoms with Gasteiger partial charge in [-0.25, -0.2) is 4.98 Å². The molecule has 0 spiro atoms. The van der Waals surface area contributed by atoms with E-state index in [1.807, 2.05) is 29.9 Å². The lowest BCUT2D eigenvalue weighted by molar-refractivity contribution is 0.749. The third kappa shape index (κ3) is 1.91. The maximum atomic E-state index is 5.98. The number of hydrogen-bond donors (Lipinski definition) is 0. The molecule has 3 rings (SSSR count). The van der Waals surface area contributed by atoms with Crippen LogP contribution in [0.4, 0.5) is 0 Å². The lowest BCUT2D eigenvalue weighted by Gasteiger charge is -2.03. The number of alkyl halides is 1. The highest BCUT2D eigenvalue weighted by molar-refractivity contribution is 14.1. The second kappa shape index (κ2) is 4.55. The van der Waals surface area contributed by atoms with Crippen LogP contribution in [0.15, 0.2) is 30.5 Å². The number of hydrogen-bond acceptors (Lipinski definition) is 2. The van der Waals surface area contributed by atoms with Crippen molar-refractivity contribution in [1.82, 2.24) is 19.3 Å². The van der Waals surface area contributed by atoms with E-state index in [-0.39, 0.29) is 0 Å². The summed E-state index contributed by atoms with van der Waals surface area (Å²) in [6, 6.07) is 8.11. The van der Waals surface area contributed by atoms with Crippen molar-refractivity contribution >= 4 is 45.2 Å². The summed E-state index contributed by atoms with van der Waals surface area (Å²) in [7, 11) is 1.89. The summed E-state index contributed by atoms with van der Waals surface area (Å²) in [6.07, 6.45) is 1.91. The Labute approximate surface area is 123 Å². The van der Waals surface area contributed by atoms with Gasteiger partial charge in [-0.05, 0) is 40.8 Å². The molecule has 0 radical (unpaired) electrons. The third-order valence-electron chi connectivity index (χ3n) is 2.73. The van der Waals surface area contributed by atoms with Crippen LogP contribution < -0.4 is 0 Å². The van der Waals surface area contributed by atoms with E-state index in [1.54, 1.807) is 4.68 Å². The molecule has 0 N–H and O–H groups in total. The molecule has 0 saturated heterocycles. The van der Waals surface area contributed by atoms with Crippen molar-refractivity contribution in [2.75, 3.05) is 0 Å². The van der Waals surface area contributed by atoms with Gasteiger partial charge in [0.25, 0.3) is 0 Å². The van der Waals surface area contributed by atoms with Crippen molar-refractivity contribution in [2.45, 2.75) is 5.88 Å². The summed E-state index contributed by atoms with van der Waals surface area (Å²) < 4.78 is 4.93. The summed E-state index contributed by atoms with van der Waals surface area (Å²) in [4.78, 5) is 4.55. The molecule has 2 heterocycles. The van der Waals surface area contributed by atoms with Gasteiger partial charge < -0.3 is 0 Å². The maximum Gasteiger partial charge on any atom is 0.160 e. The minimum atomic E-state index is 0.363. The second-order valence-electron chi connectivity index (χ2n) is 3.98. The molecule has 92 valence electrons. The maximum absolute atomic E-state index is 5.98. The van der Waals surface area contributed by atoms with Crippen molar-refractivity contribution in [3.63, 3.8) is 0 Å². The predicted octanol–water partition coefficient (Wildman–Crippen LogP) is 3.10. The van der Waals surface area contributed by atoms with Crippen LogP contribution in [-0.2, 0) is 12.9 Å². The van der Waals surface area contributed by atoms with E-state index < -0.39 is 0 Å². The Bertz CT molecular complexity index is 716. The molecular weight excluding hydrogens is 363 g/mol. The van der Waals surface area contributed by atoms with Gasteiger partial charge in [-0.15, -0.1) is 11.6 Å². The van der Waals surface area contributed by atoms with Crippen molar-refractivity contribution < 1.29 is 0 Å². The number of aromatic nitrogens is 4. The third-order valence-corrected chi connectivity index (χ3v) is 3.64. The summed E-state index contributed by atoms with van der Waals surface area (Å²) in [5, 5.41) is 4.41. The summed E-state index contributed by atoms with van der Waals surface area (Å²) in [5.74, 6) is 2.02. The fraction of sp³-hybridized carbons (Fsp3) is 0.167. The predicted molar refractivity (Wildman–Crippen MR) is 80.1 cm³/mol. The molecule has 1 aromatic carbocycles. The van der Waals surface area contributed by atoms with E-state index >= 15 is 0 Å². The Morgan fingerprint density at radius 2 is 2.17 bits per heavy atom. The Morgan fingerprint density at radius 1 is 1.33 bits per heavy atom. The highest BCUT2D eigenvalue weighted by Gasteiger charge is 2.13. The Hall–Kier alpha value is -1.08. The molecule has 0 fully saturated rings. The number of imidazole rings is 1. The standard InChI is InChI=1S/C12H10ClIN4/c1-17-5-4-11(16-17)18-10-3-2-8(14)6-9(10)15-12(18)7-13/h2-6H,7H2,1H3. The number of fused-ring (bicyclic) bond motifs is 1. The van der Waals surface area contributed by atoms with Crippen molar-refractivity contribution in [1.29, 1.82) is 0 Å². The van der Waals surface area contributed by atoms with Crippen LogP contribution in [0.5, 0.6) is 0 Å². The monoisotopic (exact) mass is 372 g/mol. The van der Waals surface area contributed by atoms with Crippen LogP contribution in [0, 0.1) is 3.57 Å². The zero-order chi connectivity index (χ0) is 12.7.